The van der Waals surface area contributed by atoms with Crippen LogP contribution in [-0.2, 0) is 0 Å². The predicted octanol–water partition coefficient (Wildman–Crippen LogP) is 1.33. The molecule has 4 N–H and O–H groups in total. The van der Waals surface area contributed by atoms with E-state index >= 15 is 0 Å². The van der Waals surface area contributed by atoms with Gasteiger partial charge in [0.1, 0.15) is 5.69 Å². The van der Waals surface area contributed by atoms with Crippen molar-refractivity contribution in [2.75, 3.05) is 18.8 Å². The summed E-state index contributed by atoms with van der Waals surface area (Å²) in [5.41, 5.74) is 5.59. The number of anilines is 1. The number of benzene rings is 1. The molecule has 0 radical (unpaired) electrons. The summed E-state index contributed by atoms with van der Waals surface area (Å²) >= 11 is 0. The average molecular weight is 315 g/mol. The van der Waals surface area contributed by atoms with Gasteiger partial charge in [-0.05, 0) is 37.6 Å². The molecule has 1 heterocycles. The highest BCUT2D eigenvalue weighted by Gasteiger charge is 2.24. The molecule has 1 saturated heterocycles. The lowest BCUT2D eigenvalue weighted by Crippen LogP contribution is -2.48. The largest absolute Gasteiger partial charge is 0.393 e. The van der Waals surface area contributed by atoms with Gasteiger partial charge >= 0.3 is 0 Å². The van der Waals surface area contributed by atoms with Crippen LogP contribution in [0.15, 0.2) is 18.2 Å². The smallest absolute Gasteiger partial charge is 0.292 e. The number of nitro groups is 1. The van der Waals surface area contributed by atoms with Crippen molar-refractivity contribution in [3.63, 3.8) is 0 Å². The first-order valence-electron chi connectivity index (χ1n) is 6.54. The van der Waals surface area contributed by atoms with E-state index in [-0.39, 0.29) is 41.3 Å². The fraction of sp³-hybridized carbons (Fsp3) is 0.462. The number of nitrogens with two attached hydrogens (primary N) is 1. The molecule has 0 aromatic heterocycles. The minimum Gasteiger partial charge on any atom is -0.393 e. The van der Waals surface area contributed by atoms with Crippen LogP contribution in [0.25, 0.3) is 0 Å². The van der Waals surface area contributed by atoms with Crippen molar-refractivity contribution < 1.29 is 9.72 Å². The quantitative estimate of drug-likeness (QED) is 0.443. The van der Waals surface area contributed by atoms with Crippen molar-refractivity contribution in [1.29, 1.82) is 0 Å². The zero-order valence-electron chi connectivity index (χ0n) is 11.7. The normalized spacial score (nSPS) is 21.2. The minimum atomic E-state index is -0.584. The first kappa shape index (κ1) is 17.2. The minimum absolute atomic E-state index is 0. The van der Waals surface area contributed by atoms with Crippen LogP contribution in [0, 0.1) is 16.0 Å². The van der Waals surface area contributed by atoms with E-state index in [9.17, 15) is 14.9 Å². The Balaban J connectivity index is 0.00000220. The van der Waals surface area contributed by atoms with Gasteiger partial charge in [-0.1, -0.05) is 6.92 Å². The second-order valence-corrected chi connectivity index (χ2v) is 5.08. The van der Waals surface area contributed by atoms with Gasteiger partial charge in [0, 0.05) is 17.7 Å². The van der Waals surface area contributed by atoms with Gasteiger partial charge in [0.05, 0.1) is 4.92 Å². The maximum Gasteiger partial charge on any atom is 0.292 e. The first-order valence-corrected chi connectivity index (χ1v) is 6.54. The van der Waals surface area contributed by atoms with Gasteiger partial charge in [-0.15, -0.1) is 12.4 Å². The Morgan fingerprint density at radius 1 is 1.52 bits per heavy atom. The average Bonchev–Trinajstić information content (AvgIpc) is 2.41. The molecule has 0 saturated carbocycles. The van der Waals surface area contributed by atoms with Crippen molar-refractivity contribution in [2.45, 2.75) is 19.4 Å². The maximum atomic E-state index is 12.1. The highest BCUT2D eigenvalue weighted by molar-refractivity contribution is 5.95. The molecule has 2 rings (SSSR count). The number of amides is 1. The third-order valence-corrected chi connectivity index (χ3v) is 3.59. The van der Waals surface area contributed by atoms with Gasteiger partial charge in [0.2, 0.25) is 0 Å². The third kappa shape index (κ3) is 4.05. The van der Waals surface area contributed by atoms with Crippen LogP contribution in [0.5, 0.6) is 0 Å². The fourth-order valence-electron chi connectivity index (χ4n) is 2.32. The Bertz CT molecular complexity index is 538. The van der Waals surface area contributed by atoms with Gasteiger partial charge in [-0.25, -0.2) is 0 Å². The van der Waals surface area contributed by atoms with Crippen LogP contribution in [0.2, 0.25) is 0 Å². The highest BCUT2D eigenvalue weighted by atomic mass is 35.5. The molecule has 1 amide bonds. The van der Waals surface area contributed by atoms with E-state index < -0.39 is 4.92 Å². The number of rotatable bonds is 3. The van der Waals surface area contributed by atoms with E-state index in [4.69, 9.17) is 5.73 Å². The molecule has 21 heavy (non-hydrogen) atoms. The number of nitrogens with zero attached hydrogens (tertiary/aromatic N) is 1. The van der Waals surface area contributed by atoms with Gasteiger partial charge in [-0.2, -0.15) is 0 Å². The van der Waals surface area contributed by atoms with Crippen molar-refractivity contribution in [3.05, 3.63) is 33.9 Å². The Kier molecular flexibility index (Phi) is 5.92. The van der Waals surface area contributed by atoms with E-state index in [0.717, 1.165) is 19.5 Å². The van der Waals surface area contributed by atoms with Crippen LogP contribution >= 0.6 is 12.4 Å². The lowest BCUT2D eigenvalue weighted by atomic mass is 9.95. The molecular formula is C13H19ClN4O3. The summed E-state index contributed by atoms with van der Waals surface area (Å²) in [6.45, 7) is 3.77. The summed E-state index contributed by atoms with van der Waals surface area (Å²) in [7, 11) is 0. The lowest BCUT2D eigenvalue weighted by Gasteiger charge is -2.30. The zero-order valence-corrected chi connectivity index (χ0v) is 12.5. The van der Waals surface area contributed by atoms with Crippen LogP contribution in [0.3, 0.4) is 0 Å². The molecule has 1 aliphatic heterocycles. The van der Waals surface area contributed by atoms with Gasteiger partial charge in [-0.3, -0.25) is 14.9 Å². The SMILES string of the molecule is CC1CNCCC1NC(=O)c1ccc(N)c([N+](=O)[O-])c1.Cl. The zero-order chi connectivity index (χ0) is 14.7. The van der Waals surface area contributed by atoms with Crippen LogP contribution < -0.4 is 16.4 Å². The molecule has 0 bridgehead atoms. The standard InChI is InChI=1S/C13H18N4O3.ClH/c1-8-7-15-5-4-11(8)16-13(18)9-2-3-10(14)12(6-9)17(19)20;/h2-3,6,8,11,15H,4-5,7,14H2,1H3,(H,16,18);1H. The Morgan fingerprint density at radius 2 is 2.24 bits per heavy atom. The Morgan fingerprint density at radius 3 is 2.86 bits per heavy atom. The Hall–Kier alpha value is -1.86. The summed E-state index contributed by atoms with van der Waals surface area (Å²) < 4.78 is 0. The van der Waals surface area contributed by atoms with E-state index in [0.29, 0.717) is 5.92 Å². The molecule has 1 aromatic rings. The molecule has 1 aliphatic rings. The summed E-state index contributed by atoms with van der Waals surface area (Å²) in [5, 5.41) is 17.0. The predicted molar refractivity (Wildman–Crippen MR) is 82.7 cm³/mol. The molecule has 0 spiro atoms. The maximum absolute atomic E-state index is 12.1. The van der Waals surface area contributed by atoms with Crippen molar-refractivity contribution in [1.82, 2.24) is 10.6 Å². The number of hydrogen-bond donors (Lipinski definition) is 3. The van der Waals surface area contributed by atoms with E-state index in [1.165, 1.54) is 18.2 Å². The number of carbonyl (C=O) groups excluding carboxylic acids is 1. The van der Waals surface area contributed by atoms with Crippen molar-refractivity contribution >= 4 is 29.7 Å². The highest BCUT2D eigenvalue weighted by Crippen LogP contribution is 2.22. The lowest BCUT2D eigenvalue weighted by molar-refractivity contribution is -0.383. The van der Waals surface area contributed by atoms with Gasteiger partial charge in [0.25, 0.3) is 11.6 Å². The fourth-order valence-corrected chi connectivity index (χ4v) is 2.32. The third-order valence-electron chi connectivity index (χ3n) is 3.59. The summed E-state index contributed by atoms with van der Waals surface area (Å²) in [6.07, 6.45) is 0.851. The van der Waals surface area contributed by atoms with Crippen molar-refractivity contribution in [2.24, 2.45) is 5.92 Å². The first-order chi connectivity index (χ1) is 9.49. The number of nitrogens with one attached hydrogen (secondary N) is 2. The summed E-state index contributed by atoms with van der Waals surface area (Å²) in [6, 6.07) is 4.19. The molecular weight excluding hydrogens is 296 g/mol. The second kappa shape index (κ2) is 7.24. The number of piperidine rings is 1. The van der Waals surface area contributed by atoms with E-state index in [1.807, 2.05) is 0 Å². The molecule has 0 aliphatic carbocycles. The monoisotopic (exact) mass is 314 g/mol. The molecule has 2 atom stereocenters. The molecule has 7 nitrogen and oxygen atoms in total. The van der Waals surface area contributed by atoms with Gasteiger partial charge in [0.15, 0.2) is 0 Å². The molecule has 1 aromatic carbocycles. The van der Waals surface area contributed by atoms with Crippen molar-refractivity contribution in [3.8, 4) is 0 Å². The molecule has 116 valence electrons. The second-order valence-electron chi connectivity index (χ2n) is 5.08. The molecule has 1 fully saturated rings. The van der Waals surface area contributed by atoms with E-state index in [1.54, 1.807) is 0 Å². The number of nitrogen functional groups attached to an aromatic ring is 1. The molecule has 2 unspecified atom stereocenters. The summed E-state index contributed by atoms with van der Waals surface area (Å²) in [4.78, 5) is 22.4. The Labute approximate surface area is 128 Å². The number of hydrogen-bond acceptors (Lipinski definition) is 5. The number of carbonyl (C=O) groups is 1. The van der Waals surface area contributed by atoms with E-state index in [2.05, 4.69) is 17.6 Å². The van der Waals surface area contributed by atoms with Gasteiger partial charge < -0.3 is 16.4 Å². The van der Waals surface area contributed by atoms with Crippen LogP contribution in [0.4, 0.5) is 11.4 Å². The molecule has 8 heteroatoms. The number of nitro benzene ring substituents is 1. The van der Waals surface area contributed by atoms with Crippen LogP contribution in [-0.4, -0.2) is 30.0 Å². The topological polar surface area (TPSA) is 110 Å². The van der Waals surface area contributed by atoms with Crippen LogP contribution in [0.1, 0.15) is 23.7 Å². The summed E-state index contributed by atoms with van der Waals surface area (Å²) in [5.74, 6) is 0.0308. The number of halogens is 1.